The molecule has 0 amide bonds. The predicted octanol–water partition coefficient (Wildman–Crippen LogP) is 0.682. The van der Waals surface area contributed by atoms with Crippen LogP contribution in [-0.4, -0.2) is 74.6 Å². The summed E-state index contributed by atoms with van der Waals surface area (Å²) in [5.41, 5.74) is -0.553. The second kappa shape index (κ2) is 6.89. The van der Waals surface area contributed by atoms with Crippen LogP contribution < -0.4 is 0 Å². The highest BCUT2D eigenvalue weighted by molar-refractivity contribution is 7.89. The molecular formula is C17H28N8O2S. The third-order valence-corrected chi connectivity index (χ3v) is 8.06. The van der Waals surface area contributed by atoms with Gasteiger partial charge in [-0.05, 0) is 50.7 Å². The molecule has 0 bridgehead atoms. The molecule has 1 aliphatic carbocycles. The van der Waals surface area contributed by atoms with Gasteiger partial charge in [-0.2, -0.15) is 4.31 Å². The van der Waals surface area contributed by atoms with Crippen molar-refractivity contribution in [2.24, 2.45) is 7.05 Å². The van der Waals surface area contributed by atoms with Crippen molar-refractivity contribution in [3.8, 4) is 0 Å². The van der Waals surface area contributed by atoms with Crippen LogP contribution in [0.1, 0.15) is 49.8 Å². The Balaban J connectivity index is 1.68. The van der Waals surface area contributed by atoms with Crippen molar-refractivity contribution in [3.63, 3.8) is 0 Å². The van der Waals surface area contributed by atoms with Gasteiger partial charge in [-0.15, -0.1) is 5.10 Å². The molecule has 10 nitrogen and oxygen atoms in total. The van der Waals surface area contributed by atoms with Gasteiger partial charge in [0.1, 0.15) is 5.82 Å². The van der Waals surface area contributed by atoms with E-state index in [-0.39, 0.29) is 5.03 Å². The van der Waals surface area contributed by atoms with E-state index >= 15 is 0 Å². The maximum Gasteiger partial charge on any atom is 0.262 e. The van der Waals surface area contributed by atoms with E-state index in [1.54, 1.807) is 24.7 Å². The van der Waals surface area contributed by atoms with E-state index in [9.17, 15) is 8.42 Å². The fourth-order valence-electron chi connectivity index (χ4n) is 4.39. The SMILES string of the molecule is Cc1nc(S(=O)(=O)N2CCC(c3nnnn3C3CCCC3)(N(C)C)C2)cn1C. The van der Waals surface area contributed by atoms with Gasteiger partial charge >= 0.3 is 0 Å². The molecular weight excluding hydrogens is 380 g/mol. The van der Waals surface area contributed by atoms with Gasteiger partial charge in [0.25, 0.3) is 10.0 Å². The van der Waals surface area contributed by atoms with E-state index in [2.05, 4.69) is 25.4 Å². The average molecular weight is 409 g/mol. The van der Waals surface area contributed by atoms with Crippen LogP contribution in [0.2, 0.25) is 0 Å². The molecule has 0 radical (unpaired) electrons. The largest absolute Gasteiger partial charge is 0.337 e. The summed E-state index contributed by atoms with van der Waals surface area (Å²) in [6, 6.07) is 0.297. The van der Waals surface area contributed by atoms with Crippen LogP contribution >= 0.6 is 0 Å². The van der Waals surface area contributed by atoms with E-state index in [1.807, 2.05) is 18.8 Å². The highest BCUT2D eigenvalue weighted by Gasteiger charge is 2.50. The summed E-state index contributed by atoms with van der Waals surface area (Å²) in [6.45, 7) is 2.52. The number of likely N-dealkylation sites (N-methyl/N-ethyl adjacent to an activating group) is 1. The number of aromatic nitrogens is 6. The first-order chi connectivity index (χ1) is 13.3. The molecule has 2 aromatic rings. The highest BCUT2D eigenvalue weighted by Crippen LogP contribution is 2.40. The molecule has 1 saturated heterocycles. The van der Waals surface area contributed by atoms with Gasteiger partial charge in [0.05, 0.1) is 11.6 Å². The van der Waals surface area contributed by atoms with Crippen LogP contribution in [0.3, 0.4) is 0 Å². The molecule has 0 N–H and O–H groups in total. The molecule has 28 heavy (non-hydrogen) atoms. The Bertz CT molecular complexity index is 940. The van der Waals surface area contributed by atoms with Gasteiger partial charge < -0.3 is 4.57 Å². The first-order valence-corrected chi connectivity index (χ1v) is 11.2. The lowest BCUT2D eigenvalue weighted by molar-refractivity contribution is 0.144. The van der Waals surface area contributed by atoms with Crippen LogP contribution in [0.15, 0.2) is 11.2 Å². The summed E-state index contributed by atoms with van der Waals surface area (Å²) in [5, 5.41) is 12.7. The number of nitrogens with zero attached hydrogens (tertiary/aromatic N) is 8. The van der Waals surface area contributed by atoms with Crippen molar-refractivity contribution < 1.29 is 8.42 Å². The van der Waals surface area contributed by atoms with Crippen LogP contribution in [0.25, 0.3) is 0 Å². The van der Waals surface area contributed by atoms with Gasteiger partial charge in [0.15, 0.2) is 10.9 Å². The Kier molecular flexibility index (Phi) is 4.79. The zero-order chi connectivity index (χ0) is 20.1. The maximum atomic E-state index is 13.2. The minimum Gasteiger partial charge on any atom is -0.337 e. The minimum absolute atomic E-state index is 0.0949. The molecule has 1 atom stereocenters. The second-order valence-corrected chi connectivity index (χ2v) is 10.0. The second-order valence-electron chi connectivity index (χ2n) is 8.14. The first kappa shape index (κ1) is 19.5. The van der Waals surface area contributed by atoms with E-state index < -0.39 is 15.6 Å². The van der Waals surface area contributed by atoms with Crippen molar-refractivity contribution in [2.45, 2.75) is 55.6 Å². The Labute approximate surface area is 165 Å². The summed E-state index contributed by atoms with van der Waals surface area (Å²) >= 11 is 0. The number of hydrogen-bond donors (Lipinski definition) is 0. The molecule has 11 heteroatoms. The van der Waals surface area contributed by atoms with Gasteiger partial charge in [-0.3, -0.25) is 4.90 Å². The number of sulfonamides is 1. The number of hydrogen-bond acceptors (Lipinski definition) is 7. The van der Waals surface area contributed by atoms with E-state index in [0.717, 1.165) is 18.7 Å². The molecule has 1 unspecified atom stereocenters. The standard InChI is InChI=1S/C17H28N8O2S/c1-13-18-15(11-23(13)4)28(26,27)24-10-9-17(12-24,22(2)3)16-19-20-21-25(16)14-7-5-6-8-14/h11,14H,5-10,12H2,1-4H3. The van der Waals surface area contributed by atoms with Crippen molar-refractivity contribution >= 4 is 10.0 Å². The Morgan fingerprint density at radius 3 is 2.57 bits per heavy atom. The van der Waals surface area contributed by atoms with Crippen LogP contribution in [-0.2, 0) is 22.6 Å². The summed E-state index contributed by atoms with van der Waals surface area (Å²) in [7, 11) is 2.06. The van der Waals surface area contributed by atoms with E-state index in [4.69, 9.17) is 0 Å². The molecule has 2 fully saturated rings. The monoisotopic (exact) mass is 408 g/mol. The van der Waals surface area contributed by atoms with Crippen molar-refractivity contribution in [1.82, 2.24) is 39.0 Å². The fourth-order valence-corrected chi connectivity index (χ4v) is 5.91. The lowest BCUT2D eigenvalue weighted by Gasteiger charge is -2.35. The molecule has 154 valence electrons. The summed E-state index contributed by atoms with van der Waals surface area (Å²) < 4.78 is 31.6. The van der Waals surface area contributed by atoms with Crippen LogP contribution in [0.4, 0.5) is 0 Å². The number of rotatable bonds is 5. The van der Waals surface area contributed by atoms with Gasteiger partial charge in [-0.25, -0.2) is 18.1 Å². The fraction of sp³-hybridized carbons (Fsp3) is 0.765. The average Bonchev–Trinajstić information content (AvgIpc) is 3.42. The molecule has 1 saturated carbocycles. The summed E-state index contributed by atoms with van der Waals surface area (Å²) in [5.74, 6) is 1.43. The first-order valence-electron chi connectivity index (χ1n) is 9.71. The summed E-state index contributed by atoms with van der Waals surface area (Å²) in [6.07, 6.45) is 6.70. The van der Waals surface area contributed by atoms with Crippen molar-refractivity contribution in [3.05, 3.63) is 17.8 Å². The number of imidazole rings is 1. The molecule has 0 spiro atoms. The molecule has 3 heterocycles. The minimum atomic E-state index is -3.67. The number of tetrazole rings is 1. The van der Waals surface area contributed by atoms with Gasteiger partial charge in [0, 0.05) is 26.3 Å². The lowest BCUT2D eigenvalue weighted by Crippen LogP contribution is -2.47. The highest BCUT2D eigenvalue weighted by atomic mass is 32.2. The van der Waals surface area contributed by atoms with Gasteiger partial charge in [0.2, 0.25) is 0 Å². The van der Waals surface area contributed by atoms with Crippen molar-refractivity contribution in [1.29, 1.82) is 0 Å². The maximum absolute atomic E-state index is 13.2. The van der Waals surface area contributed by atoms with Crippen LogP contribution in [0, 0.1) is 6.92 Å². The van der Waals surface area contributed by atoms with Crippen molar-refractivity contribution in [2.75, 3.05) is 27.2 Å². The zero-order valence-electron chi connectivity index (χ0n) is 16.9. The molecule has 1 aliphatic heterocycles. The van der Waals surface area contributed by atoms with Crippen LogP contribution in [0.5, 0.6) is 0 Å². The Morgan fingerprint density at radius 1 is 1.25 bits per heavy atom. The normalized spacial score (nSPS) is 24.6. The molecule has 2 aromatic heterocycles. The third-order valence-electron chi connectivity index (χ3n) is 6.34. The molecule has 0 aromatic carbocycles. The zero-order valence-corrected chi connectivity index (χ0v) is 17.7. The predicted molar refractivity (Wildman–Crippen MR) is 102 cm³/mol. The third kappa shape index (κ3) is 2.96. The Hall–Kier alpha value is -1.85. The quantitative estimate of drug-likeness (QED) is 0.717. The van der Waals surface area contributed by atoms with Gasteiger partial charge in [-0.1, -0.05) is 12.8 Å². The molecule has 2 aliphatic rings. The molecule has 4 rings (SSSR count). The van der Waals surface area contributed by atoms with E-state index in [0.29, 0.717) is 31.4 Å². The smallest absolute Gasteiger partial charge is 0.262 e. The summed E-state index contributed by atoms with van der Waals surface area (Å²) in [4.78, 5) is 6.30. The topological polar surface area (TPSA) is 102 Å². The number of aryl methyl sites for hydroxylation is 2. The van der Waals surface area contributed by atoms with E-state index in [1.165, 1.54) is 17.1 Å². The Morgan fingerprint density at radius 2 is 1.96 bits per heavy atom. The lowest BCUT2D eigenvalue weighted by atomic mass is 9.95.